The lowest BCUT2D eigenvalue weighted by molar-refractivity contribution is 0.0230. The van der Waals surface area contributed by atoms with Gasteiger partial charge < -0.3 is 20.3 Å². The zero-order valence-corrected chi connectivity index (χ0v) is 11.6. The fraction of sp³-hybridized carbons (Fsp3) is 0.571. The molecule has 0 heterocycles. The first-order valence-corrected chi connectivity index (χ1v) is 6.29. The molecule has 0 aliphatic heterocycles. The molecule has 1 rings (SSSR count). The van der Waals surface area contributed by atoms with E-state index in [1.54, 1.807) is 14.0 Å². The molecule has 0 saturated carbocycles. The van der Waals surface area contributed by atoms with Crippen LogP contribution in [-0.2, 0) is 4.74 Å². The Hall–Kier alpha value is -1.17. The molecule has 0 amide bonds. The smallest absolute Gasteiger partial charge is 0.131 e. The third-order valence-electron chi connectivity index (χ3n) is 3.08. The van der Waals surface area contributed by atoms with Gasteiger partial charge in [0.05, 0.1) is 5.60 Å². The average Bonchev–Trinajstić information content (AvgIpc) is 2.34. The van der Waals surface area contributed by atoms with Crippen molar-refractivity contribution in [2.45, 2.75) is 31.9 Å². The fourth-order valence-electron chi connectivity index (χ4n) is 1.76. The number of hydrogen-bond acceptors (Lipinski definition) is 4. The van der Waals surface area contributed by atoms with Gasteiger partial charge in [-0.25, -0.2) is 4.39 Å². The third-order valence-corrected chi connectivity index (χ3v) is 3.08. The van der Waals surface area contributed by atoms with Gasteiger partial charge in [-0.1, -0.05) is 6.07 Å². The molecule has 0 aliphatic rings. The van der Waals surface area contributed by atoms with Gasteiger partial charge in [0.2, 0.25) is 0 Å². The van der Waals surface area contributed by atoms with Gasteiger partial charge in [0.1, 0.15) is 11.6 Å². The second-order valence-electron chi connectivity index (χ2n) is 5.05. The van der Waals surface area contributed by atoms with E-state index in [0.717, 1.165) is 6.07 Å². The Kier molecular flexibility index (Phi) is 5.72. The van der Waals surface area contributed by atoms with Gasteiger partial charge in [-0.3, -0.25) is 0 Å². The van der Waals surface area contributed by atoms with Gasteiger partial charge in [0.15, 0.2) is 0 Å². The van der Waals surface area contributed by atoms with Crippen LogP contribution >= 0.6 is 0 Å². The molecular formula is C14H22FNO3. The Bertz CT molecular complexity index is 410. The van der Waals surface area contributed by atoms with Crippen LogP contribution < -0.4 is 5.32 Å². The largest absolute Gasteiger partial charge is 0.508 e. The molecule has 0 bridgehead atoms. The van der Waals surface area contributed by atoms with Crippen molar-refractivity contribution in [1.29, 1.82) is 0 Å². The standard InChI is InChI=1S/C14H22FNO3/c1-10(12-5-4-11(17)8-13(12)15)16-9-14(2,18)6-7-19-3/h4-5,8,10,16-18H,6-7,9H2,1-3H3. The number of methoxy groups -OCH3 is 1. The first-order valence-electron chi connectivity index (χ1n) is 6.29. The van der Waals surface area contributed by atoms with Gasteiger partial charge in [0.25, 0.3) is 0 Å². The van der Waals surface area contributed by atoms with E-state index in [0.29, 0.717) is 25.1 Å². The highest BCUT2D eigenvalue weighted by atomic mass is 19.1. The van der Waals surface area contributed by atoms with Gasteiger partial charge in [-0.05, 0) is 19.9 Å². The third kappa shape index (κ3) is 5.14. The summed E-state index contributed by atoms with van der Waals surface area (Å²) in [4.78, 5) is 0. The van der Waals surface area contributed by atoms with Crippen LogP contribution in [0.5, 0.6) is 5.75 Å². The molecule has 108 valence electrons. The SMILES string of the molecule is COCCC(C)(O)CNC(C)c1ccc(O)cc1F. The topological polar surface area (TPSA) is 61.7 Å². The Balaban J connectivity index is 2.57. The highest BCUT2D eigenvalue weighted by Gasteiger charge is 2.21. The number of rotatable bonds is 7. The number of benzene rings is 1. The van der Waals surface area contributed by atoms with Crippen LogP contribution in [0.2, 0.25) is 0 Å². The van der Waals surface area contributed by atoms with Gasteiger partial charge in [-0.15, -0.1) is 0 Å². The molecule has 0 aromatic heterocycles. The summed E-state index contributed by atoms with van der Waals surface area (Å²) in [7, 11) is 1.58. The summed E-state index contributed by atoms with van der Waals surface area (Å²) < 4.78 is 18.6. The van der Waals surface area contributed by atoms with Crippen molar-refractivity contribution in [3.8, 4) is 5.75 Å². The minimum Gasteiger partial charge on any atom is -0.508 e. The Morgan fingerprint density at radius 1 is 1.47 bits per heavy atom. The van der Waals surface area contributed by atoms with E-state index in [4.69, 9.17) is 9.84 Å². The molecule has 0 saturated heterocycles. The van der Waals surface area contributed by atoms with Crippen molar-refractivity contribution < 1.29 is 19.3 Å². The lowest BCUT2D eigenvalue weighted by atomic mass is 10.0. The molecule has 0 fully saturated rings. The van der Waals surface area contributed by atoms with Crippen molar-refractivity contribution in [3.63, 3.8) is 0 Å². The van der Waals surface area contributed by atoms with Crippen LogP contribution in [0.3, 0.4) is 0 Å². The van der Waals surface area contributed by atoms with Crippen molar-refractivity contribution in [3.05, 3.63) is 29.6 Å². The minimum absolute atomic E-state index is 0.0967. The van der Waals surface area contributed by atoms with Crippen molar-refractivity contribution in [2.75, 3.05) is 20.3 Å². The molecule has 19 heavy (non-hydrogen) atoms. The monoisotopic (exact) mass is 271 g/mol. The van der Waals surface area contributed by atoms with Crippen molar-refractivity contribution in [1.82, 2.24) is 5.32 Å². The van der Waals surface area contributed by atoms with Crippen LogP contribution in [-0.4, -0.2) is 36.1 Å². The lowest BCUT2D eigenvalue weighted by Crippen LogP contribution is -2.39. The van der Waals surface area contributed by atoms with E-state index in [9.17, 15) is 9.50 Å². The maximum atomic E-state index is 13.6. The van der Waals surface area contributed by atoms with E-state index in [2.05, 4.69) is 5.32 Å². The average molecular weight is 271 g/mol. The summed E-state index contributed by atoms with van der Waals surface area (Å²) in [6.07, 6.45) is 0.501. The number of hydrogen-bond donors (Lipinski definition) is 3. The molecule has 1 aromatic carbocycles. The number of aliphatic hydroxyl groups is 1. The highest BCUT2D eigenvalue weighted by Crippen LogP contribution is 2.21. The van der Waals surface area contributed by atoms with E-state index >= 15 is 0 Å². The molecule has 0 spiro atoms. The van der Waals surface area contributed by atoms with Gasteiger partial charge >= 0.3 is 0 Å². The van der Waals surface area contributed by atoms with Crippen molar-refractivity contribution >= 4 is 0 Å². The van der Waals surface area contributed by atoms with E-state index < -0.39 is 11.4 Å². The summed E-state index contributed by atoms with van der Waals surface area (Å²) in [6, 6.07) is 3.80. The highest BCUT2D eigenvalue weighted by molar-refractivity contribution is 5.29. The summed E-state index contributed by atoms with van der Waals surface area (Å²) in [5, 5.41) is 22.3. The second-order valence-corrected chi connectivity index (χ2v) is 5.05. The summed E-state index contributed by atoms with van der Waals surface area (Å²) >= 11 is 0. The molecule has 2 atom stereocenters. The summed E-state index contributed by atoms with van der Waals surface area (Å²) in [5.41, 5.74) is -0.446. The van der Waals surface area contributed by atoms with Crippen LogP contribution in [0.4, 0.5) is 4.39 Å². The van der Waals surface area contributed by atoms with Gasteiger partial charge in [-0.2, -0.15) is 0 Å². The molecule has 1 aromatic rings. The number of phenolic OH excluding ortho intramolecular Hbond substituents is 1. The predicted octanol–water partition coefficient (Wildman–Crippen LogP) is 1.97. The fourth-order valence-corrected chi connectivity index (χ4v) is 1.76. The van der Waals surface area contributed by atoms with Crippen LogP contribution in [0, 0.1) is 5.82 Å². The summed E-state index contributed by atoms with van der Waals surface area (Å²) in [5.74, 6) is -0.558. The Labute approximate surface area is 113 Å². The van der Waals surface area contributed by atoms with Crippen LogP contribution in [0.1, 0.15) is 31.9 Å². The molecule has 0 radical (unpaired) electrons. The molecule has 3 N–H and O–H groups in total. The maximum Gasteiger partial charge on any atom is 0.131 e. The number of halogens is 1. The maximum absolute atomic E-state index is 13.6. The zero-order valence-electron chi connectivity index (χ0n) is 11.6. The first kappa shape index (κ1) is 15.9. The van der Waals surface area contributed by atoms with E-state index in [1.807, 2.05) is 6.92 Å². The second kappa shape index (κ2) is 6.84. The van der Waals surface area contributed by atoms with Gasteiger partial charge in [0, 0.05) is 44.4 Å². The molecular weight excluding hydrogens is 249 g/mol. The first-order chi connectivity index (χ1) is 8.85. The zero-order chi connectivity index (χ0) is 14.5. The Morgan fingerprint density at radius 3 is 2.74 bits per heavy atom. The number of aromatic hydroxyl groups is 1. The lowest BCUT2D eigenvalue weighted by Gasteiger charge is -2.26. The minimum atomic E-state index is -0.905. The molecule has 0 aliphatic carbocycles. The summed E-state index contributed by atoms with van der Waals surface area (Å²) in [6.45, 7) is 4.31. The van der Waals surface area contributed by atoms with E-state index in [1.165, 1.54) is 12.1 Å². The van der Waals surface area contributed by atoms with E-state index in [-0.39, 0.29) is 11.8 Å². The predicted molar refractivity (Wildman–Crippen MR) is 71.6 cm³/mol. The quantitative estimate of drug-likeness (QED) is 0.709. The number of nitrogens with one attached hydrogen (secondary N) is 1. The van der Waals surface area contributed by atoms with Crippen LogP contribution in [0.25, 0.3) is 0 Å². The van der Waals surface area contributed by atoms with Crippen LogP contribution in [0.15, 0.2) is 18.2 Å². The Morgan fingerprint density at radius 2 is 2.16 bits per heavy atom. The number of ether oxygens (including phenoxy) is 1. The molecule has 5 heteroatoms. The molecule has 2 unspecified atom stereocenters. The van der Waals surface area contributed by atoms with Crippen molar-refractivity contribution in [2.24, 2.45) is 0 Å². The number of phenols is 1. The molecule has 4 nitrogen and oxygen atoms in total. The normalized spacial score (nSPS) is 16.1.